The van der Waals surface area contributed by atoms with Crippen LogP contribution >= 0.6 is 0 Å². The van der Waals surface area contributed by atoms with Crippen molar-refractivity contribution in [2.45, 2.75) is 178 Å². The lowest BCUT2D eigenvalue weighted by Crippen LogP contribution is -2.65. The summed E-state index contributed by atoms with van der Waals surface area (Å²) in [5, 5.41) is 3.89. The molecule has 0 N–H and O–H groups in total. The zero-order chi connectivity index (χ0) is 43.8. The fraction of sp³-hybridized carbons (Fsp3) is 0.860. The number of ether oxygens (including phenoxy) is 10. The van der Waals surface area contributed by atoms with Crippen molar-refractivity contribution in [3.63, 3.8) is 0 Å². The third kappa shape index (κ3) is 12.3. The third-order valence-electron chi connectivity index (χ3n) is 12.4. The maximum atomic E-state index is 9.43. The smallest absolute Gasteiger partial charge is 0.187 e. The van der Waals surface area contributed by atoms with E-state index in [2.05, 4.69) is 122 Å². The van der Waals surface area contributed by atoms with Crippen molar-refractivity contribution in [3.8, 4) is 35.3 Å². The Kier molecular flexibility index (Phi) is 22.6. The minimum Gasteiger partial charge on any atom is -0.376 e. The van der Waals surface area contributed by atoms with Gasteiger partial charge in [-0.25, -0.2) is 0 Å². The number of terminal acetylenes is 1. The van der Waals surface area contributed by atoms with Gasteiger partial charge in [0.2, 0.25) is 0 Å². The molecule has 0 aliphatic carbocycles. The Balaban J connectivity index is 2.48. The number of methoxy groups -OCH3 is 4. The maximum Gasteiger partial charge on any atom is 0.187 e. The molecule has 0 aromatic heterocycles. The van der Waals surface area contributed by atoms with Crippen molar-refractivity contribution in [3.05, 3.63) is 10.4 Å². The lowest BCUT2D eigenvalue weighted by atomic mass is 9.96. The molecule has 13 nitrogen and oxygen atoms in total. The number of hydrogen-bond donors (Lipinski definition) is 0. The largest absolute Gasteiger partial charge is 0.376 e. The van der Waals surface area contributed by atoms with E-state index in [1.165, 1.54) is 14.2 Å². The molecule has 2 rings (SSSR count). The minimum absolute atomic E-state index is 0.0212. The highest BCUT2D eigenvalue weighted by molar-refractivity contribution is 6.91. The lowest BCUT2D eigenvalue weighted by molar-refractivity contribution is -0.352. The molecule has 0 bridgehead atoms. The molecule has 330 valence electrons. The van der Waals surface area contributed by atoms with Crippen LogP contribution in [0, 0.1) is 35.3 Å². The molecule has 2 aliphatic heterocycles. The van der Waals surface area contributed by atoms with Crippen molar-refractivity contribution in [1.29, 1.82) is 0 Å². The summed E-state index contributed by atoms with van der Waals surface area (Å²) in [4.78, 5) is 3.01. The zero-order valence-corrected chi connectivity index (χ0v) is 40.3. The first kappa shape index (κ1) is 52.2. The summed E-state index contributed by atoms with van der Waals surface area (Å²) in [6.45, 7) is 27.9. The van der Waals surface area contributed by atoms with Crippen molar-refractivity contribution >= 4 is 16.1 Å². The maximum absolute atomic E-state index is 9.43. The van der Waals surface area contributed by atoms with E-state index in [1.807, 2.05) is 0 Å². The highest BCUT2D eigenvalue weighted by Crippen LogP contribution is 2.42. The van der Waals surface area contributed by atoms with Crippen LogP contribution in [0.2, 0.25) is 33.2 Å². The third-order valence-corrected chi connectivity index (χ3v) is 25.0. The van der Waals surface area contributed by atoms with Gasteiger partial charge in [-0.15, -0.1) is 17.5 Å². The molecule has 0 spiro atoms. The second-order valence-corrected chi connectivity index (χ2v) is 28.3. The lowest BCUT2D eigenvalue weighted by Gasteiger charge is -2.49. The standard InChI is InChI=1S/C43H75N3O10Si2/c1-18-21-53-36-34(26-51-22-19-24-57(28(2)3,29(4)5)30(6)7)55-43(41(50-17)38(36)47-14)56-37-35(54-42(45-46-44)40(49-16)39(37)48-15)27-52-23-20-25-58(31(8)9,32(10)11)33(12)13/h1,28-43H,21-23,26-27H2,2-17H3/t34-,35-,36-,37-,38+,39+,40-,41-,42+,43-/m1/s1. The van der Waals surface area contributed by atoms with E-state index in [0.717, 1.165) is 0 Å². The quantitative estimate of drug-likeness (QED) is 0.0282. The van der Waals surface area contributed by atoms with E-state index in [0.29, 0.717) is 33.2 Å². The average molecular weight is 850 g/mol. The molecule has 0 radical (unpaired) electrons. The van der Waals surface area contributed by atoms with Crippen molar-refractivity contribution in [2.75, 3.05) is 61.5 Å². The van der Waals surface area contributed by atoms with Crippen molar-refractivity contribution in [2.24, 2.45) is 5.11 Å². The first-order valence-corrected chi connectivity index (χ1v) is 25.3. The second kappa shape index (κ2) is 25.1. The fourth-order valence-corrected chi connectivity index (χ4v) is 20.2. The van der Waals surface area contributed by atoms with Crippen LogP contribution in [0.1, 0.15) is 83.1 Å². The fourth-order valence-electron chi connectivity index (χ4n) is 9.69. The minimum atomic E-state index is -1.96. The predicted molar refractivity (Wildman–Crippen MR) is 232 cm³/mol. The first-order chi connectivity index (χ1) is 27.5. The molecule has 2 aliphatic rings. The van der Waals surface area contributed by atoms with Gasteiger partial charge in [0.25, 0.3) is 0 Å². The Hall–Kier alpha value is -1.98. The number of hydrogen-bond acceptors (Lipinski definition) is 11. The molecule has 15 heteroatoms. The van der Waals surface area contributed by atoms with Crippen LogP contribution in [-0.4, -0.2) is 139 Å². The van der Waals surface area contributed by atoms with Crippen molar-refractivity contribution in [1.82, 2.24) is 0 Å². The van der Waals surface area contributed by atoms with Crippen LogP contribution in [0.15, 0.2) is 5.11 Å². The van der Waals surface area contributed by atoms with E-state index in [4.69, 9.17) is 53.8 Å². The highest BCUT2D eigenvalue weighted by Gasteiger charge is 2.53. The topological polar surface area (TPSA) is 141 Å². The van der Waals surface area contributed by atoms with E-state index in [9.17, 15) is 5.53 Å². The number of rotatable bonds is 21. The van der Waals surface area contributed by atoms with Crippen LogP contribution in [0.25, 0.3) is 10.4 Å². The van der Waals surface area contributed by atoms with Gasteiger partial charge in [-0.2, -0.15) is 0 Å². The van der Waals surface area contributed by atoms with Crippen molar-refractivity contribution < 1.29 is 47.4 Å². The van der Waals surface area contributed by atoms with Gasteiger partial charge in [-0.1, -0.05) is 106 Å². The molecule has 0 aromatic carbocycles. The summed E-state index contributed by atoms with van der Waals surface area (Å²) in [5.74, 6) is 9.25. The van der Waals surface area contributed by atoms with Crippen LogP contribution in [0.5, 0.6) is 0 Å². The molecule has 10 atom stereocenters. The predicted octanol–water partition coefficient (Wildman–Crippen LogP) is 7.69. The SMILES string of the molecule is C#CCO[C@H]1[C@H](OC)[C@@H](OC)[C@@H](O[C@H]2[C@H](OC)[C@@H](OC)[C@@H](N=[N+]=[N-])O[C@@H]2COCC#C[Si](C(C)C)(C(C)C)C(C)C)O[C@@H]1COCC#C[Si](C(C)C)(C(C)C)C(C)C. The van der Waals surface area contributed by atoms with Crippen LogP contribution in [-0.2, 0) is 47.4 Å². The monoisotopic (exact) mass is 849 g/mol. The Bertz CT molecular complexity index is 1400. The first-order valence-electron chi connectivity index (χ1n) is 20.8. The Morgan fingerprint density at radius 2 is 1.00 bits per heavy atom. The second-order valence-electron chi connectivity index (χ2n) is 17.1. The summed E-state index contributed by atoms with van der Waals surface area (Å²) < 4.78 is 62.1. The van der Waals surface area contributed by atoms with E-state index in [1.54, 1.807) is 14.2 Å². The van der Waals surface area contributed by atoms with Gasteiger partial charge in [0.1, 0.15) is 84.8 Å². The van der Waals surface area contributed by atoms with Crippen LogP contribution in [0.3, 0.4) is 0 Å². The summed E-state index contributed by atoms with van der Waals surface area (Å²) in [5.41, 5.74) is 19.8. The van der Waals surface area contributed by atoms with Gasteiger partial charge < -0.3 is 47.4 Å². The molecule has 0 aromatic rings. The van der Waals surface area contributed by atoms with Gasteiger partial charge in [-0.05, 0) is 38.8 Å². The average Bonchev–Trinajstić information content (AvgIpc) is 3.16. The molecule has 58 heavy (non-hydrogen) atoms. The number of nitrogens with zero attached hydrogens (tertiary/aromatic N) is 3. The van der Waals surface area contributed by atoms with E-state index >= 15 is 0 Å². The van der Waals surface area contributed by atoms with Crippen LogP contribution in [0.4, 0.5) is 0 Å². The van der Waals surface area contributed by atoms with Gasteiger partial charge in [0.15, 0.2) is 12.5 Å². The summed E-state index contributed by atoms with van der Waals surface area (Å²) in [6, 6.07) is 0. The van der Waals surface area contributed by atoms with Gasteiger partial charge >= 0.3 is 0 Å². The summed E-state index contributed by atoms with van der Waals surface area (Å²) in [7, 11) is 2.25. The normalized spacial score (nSPS) is 28.0. The molecule has 2 saturated heterocycles. The zero-order valence-electron chi connectivity index (χ0n) is 38.3. The van der Waals surface area contributed by atoms with Crippen LogP contribution < -0.4 is 0 Å². The van der Waals surface area contributed by atoms with E-state index in [-0.39, 0.29) is 33.0 Å². The highest BCUT2D eigenvalue weighted by atomic mass is 28.3. The van der Waals surface area contributed by atoms with Gasteiger partial charge in [0.05, 0.1) is 13.2 Å². The summed E-state index contributed by atoms with van der Waals surface area (Å²) in [6.07, 6.45) is -2.44. The van der Waals surface area contributed by atoms with E-state index < -0.39 is 77.5 Å². The molecule has 0 saturated carbocycles. The summed E-state index contributed by atoms with van der Waals surface area (Å²) >= 11 is 0. The molecular formula is C43H75N3O10Si2. The van der Waals surface area contributed by atoms with Gasteiger partial charge in [0, 0.05) is 33.4 Å². The van der Waals surface area contributed by atoms with Gasteiger partial charge in [-0.3, -0.25) is 0 Å². The Morgan fingerprint density at radius 1 is 0.586 bits per heavy atom. The molecular weight excluding hydrogens is 775 g/mol. The Morgan fingerprint density at radius 3 is 1.38 bits per heavy atom. The Labute approximate surface area is 352 Å². The molecule has 2 fully saturated rings. The molecule has 2 heterocycles. The molecule has 0 amide bonds. The number of azide groups is 1. The molecule has 0 unspecified atom stereocenters.